The van der Waals surface area contributed by atoms with Crippen LogP contribution in [0.15, 0.2) is 0 Å². The van der Waals surface area contributed by atoms with Crippen LogP contribution >= 0.6 is 0 Å². The van der Waals surface area contributed by atoms with Gasteiger partial charge in [-0.15, -0.1) is 0 Å². The van der Waals surface area contributed by atoms with Crippen LogP contribution in [0.5, 0.6) is 0 Å². The average Bonchev–Trinajstić information content (AvgIpc) is 3.57. The number of amides is 5. The fourth-order valence-electron chi connectivity index (χ4n) is 4.61. The van der Waals surface area contributed by atoms with Gasteiger partial charge in [-0.1, -0.05) is 0 Å². The maximum Gasteiger partial charge on any atom is 0.408 e. The molecular formula is C30H54N6O11. The molecule has 3 aliphatic rings. The lowest BCUT2D eigenvalue weighted by Gasteiger charge is -2.21. The molecule has 0 bridgehead atoms. The molecule has 3 rings (SSSR count). The predicted molar refractivity (Wildman–Crippen MR) is 169 cm³/mol. The summed E-state index contributed by atoms with van der Waals surface area (Å²) in [5.74, 6) is -0.929. The number of aliphatic hydroxyl groups excluding tert-OH is 2. The molecule has 3 atom stereocenters. The minimum Gasteiger partial charge on any atom is -0.465 e. The Morgan fingerprint density at radius 3 is 1.53 bits per heavy atom. The smallest absolute Gasteiger partial charge is 0.408 e. The molecule has 0 aromatic rings. The lowest BCUT2D eigenvalue weighted by molar-refractivity contribution is -0.147. The van der Waals surface area contributed by atoms with E-state index in [1.54, 1.807) is 53.4 Å². The number of β-amino-alcohol motifs (C(OH)–C–C–N with tert-alkyl or cyclic N) is 2. The number of nitrogens with two attached hydrogens (primary N) is 1. The van der Waals surface area contributed by atoms with Gasteiger partial charge in [0, 0.05) is 32.7 Å². The molecule has 17 heteroatoms. The Hall–Kier alpha value is -3.70. The molecule has 47 heavy (non-hydrogen) atoms. The zero-order chi connectivity index (χ0) is 35.9. The molecule has 17 nitrogen and oxygen atoms in total. The first kappa shape index (κ1) is 41.3. The fourth-order valence-corrected chi connectivity index (χ4v) is 4.61. The van der Waals surface area contributed by atoms with Crippen molar-refractivity contribution in [3.05, 3.63) is 0 Å². The van der Waals surface area contributed by atoms with Crippen LogP contribution in [0.25, 0.3) is 0 Å². The minimum atomic E-state index is -0.640. The van der Waals surface area contributed by atoms with Gasteiger partial charge in [0.25, 0.3) is 0 Å². The molecular weight excluding hydrogens is 620 g/mol. The molecule has 3 heterocycles. The highest BCUT2D eigenvalue weighted by molar-refractivity contribution is 5.90. The van der Waals surface area contributed by atoms with Crippen LogP contribution < -0.4 is 16.4 Å². The van der Waals surface area contributed by atoms with E-state index in [0.29, 0.717) is 45.6 Å². The van der Waals surface area contributed by atoms with Crippen LogP contribution in [0.3, 0.4) is 0 Å². The van der Waals surface area contributed by atoms with E-state index in [1.807, 2.05) is 0 Å². The van der Waals surface area contributed by atoms with Crippen LogP contribution in [0.2, 0.25) is 0 Å². The molecule has 0 spiro atoms. The summed E-state index contributed by atoms with van der Waals surface area (Å²) in [5, 5.41) is 22.3. The molecule has 0 radical (unpaired) electrons. The Morgan fingerprint density at radius 1 is 0.745 bits per heavy atom. The molecule has 6 N–H and O–H groups in total. The molecule has 3 fully saturated rings. The van der Waals surface area contributed by atoms with Gasteiger partial charge in [0.1, 0.15) is 29.8 Å². The largest absolute Gasteiger partial charge is 0.465 e. The summed E-state index contributed by atoms with van der Waals surface area (Å²) >= 11 is 0. The number of likely N-dealkylation sites (tertiary alicyclic amines) is 3. The van der Waals surface area contributed by atoms with Crippen molar-refractivity contribution < 1.29 is 53.2 Å². The Morgan fingerprint density at radius 2 is 1.15 bits per heavy atom. The van der Waals surface area contributed by atoms with E-state index in [-0.39, 0.29) is 50.1 Å². The predicted octanol–water partition coefficient (Wildman–Crippen LogP) is -0.682. The number of rotatable bonds is 9. The summed E-state index contributed by atoms with van der Waals surface area (Å²) in [6.07, 6.45) is 0.518. The minimum absolute atomic E-state index is 0.0262. The fraction of sp³-hybridized carbons (Fsp3) is 0.800. The molecule has 0 aromatic heterocycles. The SMILES string of the molecule is CC(C)(C)OC(=O)N[C@H]1CCN(CCO)C1=O.CCOC(=O)CN1CC[C@H](NC(=O)OC(C)(C)C)C1=O.N[C@H]1CCN(CCO)C1=O. The van der Waals surface area contributed by atoms with Gasteiger partial charge in [-0.25, -0.2) is 9.59 Å². The van der Waals surface area contributed by atoms with Gasteiger partial charge in [0.05, 0.1) is 25.9 Å². The zero-order valence-corrected chi connectivity index (χ0v) is 28.7. The molecule has 5 amide bonds. The van der Waals surface area contributed by atoms with Gasteiger partial charge in [0.15, 0.2) is 0 Å². The maximum atomic E-state index is 12.0. The van der Waals surface area contributed by atoms with Crippen LogP contribution in [0, 0.1) is 0 Å². The quantitative estimate of drug-likeness (QED) is 0.151. The monoisotopic (exact) mass is 674 g/mol. The Kier molecular flexibility index (Phi) is 16.9. The number of esters is 1. The van der Waals surface area contributed by atoms with E-state index in [0.717, 1.165) is 6.42 Å². The van der Waals surface area contributed by atoms with Crippen molar-refractivity contribution in [1.82, 2.24) is 25.3 Å². The van der Waals surface area contributed by atoms with Gasteiger partial charge in [-0.05, 0) is 67.7 Å². The number of hydrogen-bond donors (Lipinski definition) is 5. The number of carbonyl (C=O) groups is 6. The first-order chi connectivity index (χ1) is 21.8. The van der Waals surface area contributed by atoms with Crippen molar-refractivity contribution >= 4 is 35.9 Å². The van der Waals surface area contributed by atoms with E-state index < -0.39 is 41.4 Å². The lowest BCUT2D eigenvalue weighted by Crippen LogP contribution is -2.44. The molecule has 0 aliphatic carbocycles. The normalized spacial score (nSPS) is 21.0. The average molecular weight is 675 g/mol. The third-order valence-corrected chi connectivity index (χ3v) is 6.68. The molecule has 0 unspecified atom stereocenters. The third-order valence-electron chi connectivity index (χ3n) is 6.68. The molecule has 0 saturated carbocycles. The van der Waals surface area contributed by atoms with Crippen molar-refractivity contribution in [2.75, 3.05) is 59.1 Å². The molecule has 0 aromatic carbocycles. The lowest BCUT2D eigenvalue weighted by atomic mass is 10.2. The number of ether oxygens (including phenoxy) is 3. The van der Waals surface area contributed by atoms with Gasteiger partial charge < -0.3 is 55.5 Å². The van der Waals surface area contributed by atoms with Gasteiger partial charge in [-0.2, -0.15) is 0 Å². The maximum absolute atomic E-state index is 12.0. The van der Waals surface area contributed by atoms with Gasteiger partial charge in [-0.3, -0.25) is 19.2 Å². The van der Waals surface area contributed by atoms with Crippen LogP contribution in [0.1, 0.15) is 67.7 Å². The standard InChI is InChI=1S/C13H22N2O5.C11H20N2O4.C6H12N2O2/c1-5-19-10(16)8-15-7-6-9(11(15)17)14-12(18)20-13(2,3)4;1-11(2,3)17-10(16)12-8-4-5-13(6-7-14)9(8)15;7-5-1-2-8(3-4-9)6(5)10/h9H,5-8H2,1-4H3,(H,14,18);8,14H,4-7H2,1-3H3,(H,12,16);5,9H,1-4,7H2/t9-;8-;5-/m000/s1. The number of alkyl carbamates (subject to hydrolysis) is 2. The van der Waals surface area contributed by atoms with E-state index >= 15 is 0 Å². The van der Waals surface area contributed by atoms with E-state index in [9.17, 15) is 28.8 Å². The number of nitrogens with zero attached hydrogens (tertiary/aromatic N) is 3. The van der Waals surface area contributed by atoms with E-state index in [2.05, 4.69) is 10.6 Å². The highest BCUT2D eigenvalue weighted by Gasteiger charge is 2.35. The second kappa shape index (κ2) is 19.2. The molecule has 270 valence electrons. The summed E-state index contributed by atoms with van der Waals surface area (Å²) < 4.78 is 15.0. The van der Waals surface area contributed by atoms with Crippen LogP contribution in [-0.4, -0.2) is 149 Å². The second-order valence-corrected chi connectivity index (χ2v) is 13.0. The van der Waals surface area contributed by atoms with Crippen molar-refractivity contribution in [3.63, 3.8) is 0 Å². The van der Waals surface area contributed by atoms with Crippen LogP contribution in [0.4, 0.5) is 9.59 Å². The van der Waals surface area contributed by atoms with Crippen LogP contribution in [-0.2, 0) is 33.4 Å². The molecule has 3 aliphatic heterocycles. The van der Waals surface area contributed by atoms with Gasteiger partial charge in [0.2, 0.25) is 17.7 Å². The van der Waals surface area contributed by atoms with E-state index in [1.165, 1.54) is 9.80 Å². The number of carbonyl (C=O) groups excluding carboxylic acids is 6. The molecule has 3 saturated heterocycles. The number of aliphatic hydroxyl groups is 2. The Labute approximate surface area is 276 Å². The summed E-state index contributed by atoms with van der Waals surface area (Å²) in [5.41, 5.74) is 4.24. The summed E-state index contributed by atoms with van der Waals surface area (Å²) in [7, 11) is 0. The highest BCUT2D eigenvalue weighted by Crippen LogP contribution is 2.14. The highest BCUT2D eigenvalue weighted by atomic mass is 16.6. The first-order valence-corrected chi connectivity index (χ1v) is 15.8. The summed E-state index contributed by atoms with van der Waals surface area (Å²) in [4.78, 5) is 73.6. The topological polar surface area (TPSA) is 230 Å². The Bertz CT molecular complexity index is 1070. The van der Waals surface area contributed by atoms with Crippen molar-refractivity contribution in [2.45, 2.75) is 97.1 Å². The summed E-state index contributed by atoms with van der Waals surface area (Å²) in [6.45, 7) is 14.8. The van der Waals surface area contributed by atoms with E-state index in [4.69, 9.17) is 30.2 Å². The number of hydrogen-bond acceptors (Lipinski definition) is 12. The summed E-state index contributed by atoms with van der Waals surface area (Å²) in [6, 6.07) is -1.50. The Balaban J connectivity index is 0.000000371. The number of nitrogens with one attached hydrogen (secondary N) is 2. The second-order valence-electron chi connectivity index (χ2n) is 13.0. The van der Waals surface area contributed by atoms with Crippen molar-refractivity contribution in [1.29, 1.82) is 0 Å². The zero-order valence-electron chi connectivity index (χ0n) is 28.7. The van der Waals surface area contributed by atoms with Crippen molar-refractivity contribution in [3.8, 4) is 0 Å². The third kappa shape index (κ3) is 15.6. The van der Waals surface area contributed by atoms with Crippen molar-refractivity contribution in [2.24, 2.45) is 5.73 Å². The van der Waals surface area contributed by atoms with Gasteiger partial charge >= 0.3 is 18.2 Å². The first-order valence-electron chi connectivity index (χ1n) is 15.8.